The van der Waals surface area contributed by atoms with E-state index in [2.05, 4.69) is 25.3 Å². The third-order valence-electron chi connectivity index (χ3n) is 5.55. The van der Waals surface area contributed by atoms with Gasteiger partial charge in [0.2, 0.25) is 0 Å². The maximum Gasteiger partial charge on any atom is 0.344 e. The van der Waals surface area contributed by atoms with E-state index in [-0.39, 0.29) is 12.0 Å². The molecule has 0 unspecified atom stereocenters. The highest BCUT2D eigenvalue weighted by Crippen LogP contribution is 2.35. The van der Waals surface area contributed by atoms with E-state index in [4.69, 9.17) is 9.47 Å². The van der Waals surface area contributed by atoms with Gasteiger partial charge in [0.05, 0.1) is 16.4 Å². The van der Waals surface area contributed by atoms with E-state index in [0.29, 0.717) is 23.1 Å². The topological polar surface area (TPSA) is 69.9 Å². The first-order valence-electron chi connectivity index (χ1n) is 11.0. The Hall–Kier alpha value is -3.45. The van der Waals surface area contributed by atoms with Gasteiger partial charge in [0.15, 0.2) is 12.0 Å². The van der Waals surface area contributed by atoms with Crippen molar-refractivity contribution in [2.45, 2.75) is 32.8 Å². The molecule has 3 heterocycles. The molecule has 5 aromatic rings. The molecule has 0 aliphatic heterocycles. The Kier molecular flexibility index (Phi) is 5.52. The molecule has 6 nitrogen and oxygen atoms in total. The fraction of sp³-hybridized carbons (Fsp3) is 0.222. The summed E-state index contributed by atoms with van der Waals surface area (Å²) in [6.45, 7) is 5.19. The van der Waals surface area contributed by atoms with E-state index in [9.17, 15) is 9.59 Å². The molecule has 7 heteroatoms. The highest BCUT2D eigenvalue weighted by Gasteiger charge is 2.20. The van der Waals surface area contributed by atoms with Crippen LogP contribution in [-0.2, 0) is 16.0 Å². The Morgan fingerprint density at radius 1 is 1.09 bits per heavy atom. The van der Waals surface area contributed by atoms with Crippen molar-refractivity contribution in [3.8, 4) is 5.75 Å². The first kappa shape index (κ1) is 22.3. The zero-order valence-corrected chi connectivity index (χ0v) is 20.7. The van der Waals surface area contributed by atoms with Gasteiger partial charge in [-0.1, -0.05) is 28.1 Å². The van der Waals surface area contributed by atoms with E-state index >= 15 is 0 Å². The van der Waals surface area contributed by atoms with Gasteiger partial charge in [-0.15, -0.1) is 0 Å². The van der Waals surface area contributed by atoms with Crippen LogP contribution < -0.4 is 10.2 Å². The van der Waals surface area contributed by atoms with Gasteiger partial charge in [0.25, 0.3) is 0 Å². The van der Waals surface area contributed by atoms with Gasteiger partial charge in [-0.3, -0.25) is 9.78 Å². The number of pyridine rings is 2. The SMILES string of the molecule is CC(C)(C)OC(=O)COc1cc2c(=O)c(Cc3cccnc3)cn3c4cc(Br)ccc4c(c1)c23. The van der Waals surface area contributed by atoms with Gasteiger partial charge in [0, 0.05) is 45.8 Å². The maximum atomic E-state index is 13.6. The predicted molar refractivity (Wildman–Crippen MR) is 136 cm³/mol. The van der Waals surface area contributed by atoms with Crippen LogP contribution >= 0.6 is 15.9 Å². The average Bonchev–Trinajstić information content (AvgIpc) is 3.08. The smallest absolute Gasteiger partial charge is 0.344 e. The van der Waals surface area contributed by atoms with Crippen molar-refractivity contribution in [1.29, 1.82) is 0 Å². The van der Waals surface area contributed by atoms with Crippen LogP contribution in [0.15, 0.2) is 70.3 Å². The molecule has 0 bridgehead atoms. The molecule has 0 radical (unpaired) electrons. The number of ether oxygens (including phenoxy) is 2. The van der Waals surface area contributed by atoms with Gasteiger partial charge >= 0.3 is 5.97 Å². The second kappa shape index (κ2) is 8.40. The van der Waals surface area contributed by atoms with Crippen molar-refractivity contribution in [2.24, 2.45) is 0 Å². The molecule has 0 spiro atoms. The van der Waals surface area contributed by atoms with Crippen LogP contribution in [0.1, 0.15) is 31.9 Å². The van der Waals surface area contributed by atoms with E-state index < -0.39 is 11.6 Å². The van der Waals surface area contributed by atoms with Crippen molar-refractivity contribution >= 4 is 49.1 Å². The molecular weight excluding hydrogens is 496 g/mol. The highest BCUT2D eigenvalue weighted by atomic mass is 79.9. The number of hydrogen-bond acceptors (Lipinski definition) is 5. The van der Waals surface area contributed by atoms with Crippen LogP contribution in [0.5, 0.6) is 5.75 Å². The minimum Gasteiger partial charge on any atom is -0.482 e. The predicted octanol–water partition coefficient (Wildman–Crippen LogP) is 5.51. The van der Waals surface area contributed by atoms with Gasteiger partial charge in [-0.05, 0) is 56.7 Å². The molecule has 172 valence electrons. The molecule has 0 saturated carbocycles. The minimum atomic E-state index is -0.598. The molecular formula is C27H23BrN2O4. The summed E-state index contributed by atoms with van der Waals surface area (Å²) in [5.74, 6) is -0.0117. The monoisotopic (exact) mass is 518 g/mol. The number of rotatable bonds is 5. The zero-order valence-electron chi connectivity index (χ0n) is 19.1. The number of aromatic nitrogens is 2. The van der Waals surface area contributed by atoms with E-state index in [1.54, 1.807) is 18.5 Å². The quantitative estimate of drug-likeness (QED) is 0.287. The van der Waals surface area contributed by atoms with Gasteiger partial charge < -0.3 is 13.9 Å². The minimum absolute atomic E-state index is 0.0639. The number of hydrogen-bond donors (Lipinski definition) is 0. The Morgan fingerprint density at radius 2 is 1.88 bits per heavy atom. The summed E-state index contributed by atoms with van der Waals surface area (Å²) in [5, 5.41) is 2.43. The third kappa shape index (κ3) is 4.23. The van der Waals surface area contributed by atoms with Gasteiger partial charge in [0.1, 0.15) is 11.4 Å². The molecule has 0 saturated heterocycles. The Balaban J connectivity index is 1.67. The first-order valence-corrected chi connectivity index (χ1v) is 11.7. The molecule has 0 amide bonds. The molecule has 0 fully saturated rings. The number of carbonyl (C=O) groups excluding carboxylic acids is 1. The fourth-order valence-electron chi connectivity index (χ4n) is 4.26. The lowest BCUT2D eigenvalue weighted by molar-refractivity contribution is -0.157. The molecule has 34 heavy (non-hydrogen) atoms. The van der Waals surface area contributed by atoms with Crippen LogP contribution in [0.2, 0.25) is 0 Å². The van der Waals surface area contributed by atoms with Crippen LogP contribution in [0, 0.1) is 0 Å². The number of carbonyl (C=O) groups is 1. The van der Waals surface area contributed by atoms with Gasteiger partial charge in [-0.25, -0.2) is 4.79 Å². The second-order valence-electron chi connectivity index (χ2n) is 9.30. The number of nitrogens with zero attached hydrogens (tertiary/aromatic N) is 2. The second-order valence-corrected chi connectivity index (χ2v) is 10.2. The van der Waals surface area contributed by atoms with Crippen LogP contribution in [-0.4, -0.2) is 27.6 Å². The lowest BCUT2D eigenvalue weighted by atomic mass is 10.0. The summed E-state index contributed by atoms with van der Waals surface area (Å²) in [7, 11) is 0. The Bertz CT molecular complexity index is 1590. The Morgan fingerprint density at radius 3 is 2.62 bits per heavy atom. The molecule has 0 atom stereocenters. The van der Waals surface area contributed by atoms with Crippen molar-refractivity contribution in [3.05, 3.63) is 86.9 Å². The summed E-state index contributed by atoms with van der Waals surface area (Å²) in [6, 6.07) is 13.4. The van der Waals surface area contributed by atoms with Crippen molar-refractivity contribution < 1.29 is 14.3 Å². The fourth-order valence-corrected chi connectivity index (χ4v) is 4.61. The summed E-state index contributed by atoms with van der Waals surface area (Å²) in [4.78, 5) is 29.9. The number of benzene rings is 2. The largest absolute Gasteiger partial charge is 0.482 e. The summed E-state index contributed by atoms with van der Waals surface area (Å²) >= 11 is 3.56. The third-order valence-corrected chi connectivity index (χ3v) is 6.04. The van der Waals surface area contributed by atoms with Crippen molar-refractivity contribution in [1.82, 2.24) is 9.38 Å². The number of halogens is 1. The maximum absolute atomic E-state index is 13.6. The van der Waals surface area contributed by atoms with Gasteiger partial charge in [-0.2, -0.15) is 0 Å². The lowest BCUT2D eigenvalue weighted by Crippen LogP contribution is -2.27. The van der Waals surface area contributed by atoms with Crippen LogP contribution in [0.25, 0.3) is 27.2 Å². The van der Waals surface area contributed by atoms with Crippen LogP contribution in [0.4, 0.5) is 0 Å². The number of esters is 1. The van der Waals surface area contributed by atoms with Crippen molar-refractivity contribution in [2.75, 3.05) is 6.61 Å². The molecule has 2 aromatic carbocycles. The van der Waals surface area contributed by atoms with Crippen LogP contribution in [0.3, 0.4) is 0 Å². The molecule has 0 N–H and O–H groups in total. The first-order chi connectivity index (χ1) is 16.2. The average molecular weight is 519 g/mol. The summed E-state index contributed by atoms with van der Waals surface area (Å²) < 4.78 is 14.2. The molecule has 0 aliphatic carbocycles. The molecule has 3 aromatic heterocycles. The highest BCUT2D eigenvalue weighted by molar-refractivity contribution is 9.10. The zero-order chi connectivity index (χ0) is 24.0. The lowest BCUT2D eigenvalue weighted by Gasteiger charge is -2.19. The summed E-state index contributed by atoms with van der Waals surface area (Å²) in [5.41, 5.74) is 2.76. The van der Waals surface area contributed by atoms with E-state index in [0.717, 1.165) is 31.8 Å². The molecule has 5 rings (SSSR count). The van der Waals surface area contributed by atoms with E-state index in [1.165, 1.54) is 0 Å². The standard InChI is InChI=1S/C27H23BrN2O4/c1-27(2,3)34-24(31)15-33-19-11-21-20-7-6-18(28)10-23(20)30-14-17(9-16-5-4-8-29-13-16)26(32)22(12-19)25(21)30/h4-8,10-14H,9,15H2,1-3H3. The Labute approximate surface area is 204 Å². The van der Waals surface area contributed by atoms with E-state index in [1.807, 2.05) is 63.4 Å². The number of fused-ring (bicyclic) bond motifs is 3. The summed E-state index contributed by atoms with van der Waals surface area (Å²) in [6.07, 6.45) is 5.86. The van der Waals surface area contributed by atoms with Crippen molar-refractivity contribution in [3.63, 3.8) is 0 Å². The molecule has 0 aliphatic rings. The normalized spacial score (nSPS) is 12.0.